The molecule has 3 unspecified atom stereocenters. The number of phosphoric ester groups is 1. The maximum atomic E-state index is 12.6. The van der Waals surface area contributed by atoms with Crippen LogP contribution in [-0.2, 0) is 18.4 Å². The van der Waals surface area contributed by atoms with E-state index in [0.29, 0.717) is 6.42 Å². The second-order valence-electron chi connectivity index (χ2n) is 12.4. The first-order chi connectivity index (χ1) is 21.9. The molecule has 0 aromatic heterocycles. The normalized spacial score (nSPS) is 14.7. The Morgan fingerprint density at radius 3 is 1.71 bits per heavy atom. The molecule has 9 heteroatoms. The van der Waals surface area contributed by atoms with Crippen molar-refractivity contribution < 1.29 is 28.4 Å². The number of aliphatic hydroxyl groups is 1. The molecule has 266 valence electrons. The molecule has 0 rings (SSSR count). The van der Waals surface area contributed by atoms with Gasteiger partial charge in [-0.25, -0.2) is 4.57 Å². The fraction of sp³-hybridized carbons (Fsp3) is 0.861. The number of allylic oxidation sites excluding steroid dienone is 3. The van der Waals surface area contributed by atoms with E-state index in [2.05, 4.69) is 31.3 Å². The van der Waals surface area contributed by atoms with Gasteiger partial charge >= 0.3 is 7.82 Å². The van der Waals surface area contributed by atoms with Gasteiger partial charge in [-0.2, -0.15) is 0 Å². The van der Waals surface area contributed by atoms with Crippen molar-refractivity contribution in [2.45, 2.75) is 180 Å². The van der Waals surface area contributed by atoms with Crippen molar-refractivity contribution in [3.63, 3.8) is 0 Å². The largest absolute Gasteiger partial charge is 0.472 e. The topological polar surface area (TPSA) is 131 Å². The maximum absolute atomic E-state index is 12.6. The zero-order valence-electron chi connectivity index (χ0n) is 29.1. The Kier molecular flexibility index (Phi) is 32.2. The highest BCUT2D eigenvalue weighted by atomic mass is 31.2. The van der Waals surface area contributed by atoms with Gasteiger partial charge in [-0.05, 0) is 32.1 Å². The molecule has 1 amide bonds. The summed E-state index contributed by atoms with van der Waals surface area (Å²) in [4.78, 5) is 22.5. The van der Waals surface area contributed by atoms with Crippen molar-refractivity contribution in [3.8, 4) is 0 Å². The van der Waals surface area contributed by atoms with Crippen molar-refractivity contribution in [2.75, 3.05) is 19.8 Å². The predicted molar refractivity (Wildman–Crippen MR) is 189 cm³/mol. The van der Waals surface area contributed by atoms with Crippen LogP contribution in [0.1, 0.15) is 168 Å². The molecule has 3 atom stereocenters. The van der Waals surface area contributed by atoms with Gasteiger partial charge in [-0.15, -0.1) is 0 Å². The van der Waals surface area contributed by atoms with Crippen LogP contribution in [0.4, 0.5) is 0 Å². The average Bonchev–Trinajstić information content (AvgIpc) is 3.02. The SMILES string of the molecule is CCCCCCCCCCC/C=C/CC/C=C/C(O)C(COP(=O)(O)OCCN)NC(=O)CCCCCCCCCCCCC. The van der Waals surface area contributed by atoms with Gasteiger partial charge in [0.05, 0.1) is 25.4 Å². The summed E-state index contributed by atoms with van der Waals surface area (Å²) in [5.74, 6) is -0.206. The zero-order chi connectivity index (χ0) is 33.3. The number of unbranched alkanes of at least 4 members (excludes halogenated alkanes) is 20. The first kappa shape index (κ1) is 44.0. The van der Waals surface area contributed by atoms with Crippen LogP contribution in [0, 0.1) is 0 Å². The highest BCUT2D eigenvalue weighted by Crippen LogP contribution is 2.43. The number of carbonyl (C=O) groups is 1. The minimum Gasteiger partial charge on any atom is -0.387 e. The molecular formula is C36H71N2O6P. The van der Waals surface area contributed by atoms with Crippen LogP contribution in [-0.4, -0.2) is 47.8 Å². The number of phosphoric acid groups is 1. The Bertz CT molecular complexity index is 764. The quantitative estimate of drug-likeness (QED) is 0.0308. The summed E-state index contributed by atoms with van der Waals surface area (Å²) in [6, 6.07) is -0.870. The van der Waals surface area contributed by atoms with Crippen LogP contribution in [0.2, 0.25) is 0 Å². The molecule has 5 N–H and O–H groups in total. The van der Waals surface area contributed by atoms with Crippen molar-refractivity contribution in [3.05, 3.63) is 24.3 Å². The Morgan fingerprint density at radius 2 is 1.18 bits per heavy atom. The Hall–Kier alpha value is -1.02. The summed E-state index contributed by atoms with van der Waals surface area (Å²) in [6.45, 7) is 4.08. The highest BCUT2D eigenvalue weighted by Gasteiger charge is 2.26. The number of nitrogens with one attached hydrogen (secondary N) is 1. The lowest BCUT2D eigenvalue weighted by Crippen LogP contribution is -2.45. The Morgan fingerprint density at radius 1 is 0.711 bits per heavy atom. The van der Waals surface area contributed by atoms with Gasteiger partial charge in [0.15, 0.2) is 0 Å². The molecule has 0 spiro atoms. The molecule has 0 aliphatic rings. The third kappa shape index (κ3) is 31.4. The average molecular weight is 659 g/mol. The van der Waals surface area contributed by atoms with Crippen LogP contribution >= 0.6 is 7.82 Å². The smallest absolute Gasteiger partial charge is 0.387 e. The molecule has 0 saturated carbocycles. The Balaban J connectivity index is 4.39. The minimum absolute atomic E-state index is 0.0754. The summed E-state index contributed by atoms with van der Waals surface area (Å²) in [7, 11) is -4.33. The lowest BCUT2D eigenvalue weighted by molar-refractivity contribution is -0.123. The third-order valence-corrected chi connectivity index (χ3v) is 9.01. The molecule has 0 aromatic rings. The number of hydrogen-bond acceptors (Lipinski definition) is 6. The van der Waals surface area contributed by atoms with Gasteiger partial charge in [0.1, 0.15) is 0 Å². The van der Waals surface area contributed by atoms with Gasteiger partial charge in [-0.1, -0.05) is 154 Å². The van der Waals surface area contributed by atoms with Crippen LogP contribution < -0.4 is 11.1 Å². The lowest BCUT2D eigenvalue weighted by atomic mass is 10.0. The number of carbonyl (C=O) groups excluding carboxylic acids is 1. The van der Waals surface area contributed by atoms with Crippen LogP contribution in [0.5, 0.6) is 0 Å². The molecule has 0 aliphatic heterocycles. The molecule has 45 heavy (non-hydrogen) atoms. The molecule has 0 saturated heterocycles. The third-order valence-electron chi connectivity index (χ3n) is 8.03. The molecule has 0 radical (unpaired) electrons. The van der Waals surface area contributed by atoms with Crippen molar-refractivity contribution in [1.82, 2.24) is 5.32 Å². The lowest BCUT2D eigenvalue weighted by Gasteiger charge is -2.23. The zero-order valence-corrected chi connectivity index (χ0v) is 30.0. The van der Waals surface area contributed by atoms with E-state index in [1.165, 1.54) is 109 Å². The number of aliphatic hydroxyl groups excluding tert-OH is 1. The maximum Gasteiger partial charge on any atom is 0.472 e. The van der Waals surface area contributed by atoms with E-state index in [9.17, 15) is 19.4 Å². The first-order valence-corrected chi connectivity index (χ1v) is 20.0. The van der Waals surface area contributed by atoms with E-state index in [0.717, 1.165) is 38.5 Å². The number of amides is 1. The number of rotatable bonds is 34. The number of nitrogens with two attached hydrogens (primary N) is 1. The second kappa shape index (κ2) is 32.9. The Labute approximate surface area is 277 Å². The molecule has 0 aliphatic carbocycles. The van der Waals surface area contributed by atoms with Crippen LogP contribution in [0.3, 0.4) is 0 Å². The van der Waals surface area contributed by atoms with Crippen LogP contribution in [0.25, 0.3) is 0 Å². The van der Waals surface area contributed by atoms with Crippen LogP contribution in [0.15, 0.2) is 24.3 Å². The fourth-order valence-electron chi connectivity index (χ4n) is 5.20. The van der Waals surface area contributed by atoms with Gasteiger partial charge < -0.3 is 21.1 Å². The summed E-state index contributed by atoms with van der Waals surface area (Å²) >= 11 is 0. The second-order valence-corrected chi connectivity index (χ2v) is 13.9. The molecule has 0 aromatic carbocycles. The van der Waals surface area contributed by atoms with Crippen molar-refractivity contribution >= 4 is 13.7 Å². The molecular weight excluding hydrogens is 587 g/mol. The van der Waals surface area contributed by atoms with Gasteiger partial charge in [0.2, 0.25) is 5.91 Å². The summed E-state index contributed by atoms with van der Waals surface area (Å²) < 4.78 is 22.0. The van der Waals surface area contributed by atoms with E-state index in [-0.39, 0.29) is 25.7 Å². The van der Waals surface area contributed by atoms with E-state index in [1.54, 1.807) is 6.08 Å². The van der Waals surface area contributed by atoms with E-state index in [1.807, 2.05) is 6.08 Å². The van der Waals surface area contributed by atoms with Crippen molar-refractivity contribution in [1.29, 1.82) is 0 Å². The van der Waals surface area contributed by atoms with Crippen molar-refractivity contribution in [2.24, 2.45) is 5.73 Å². The summed E-state index contributed by atoms with van der Waals surface area (Å²) in [5, 5.41) is 13.6. The van der Waals surface area contributed by atoms with E-state index in [4.69, 9.17) is 14.8 Å². The molecule has 8 nitrogen and oxygen atoms in total. The highest BCUT2D eigenvalue weighted by molar-refractivity contribution is 7.47. The predicted octanol–water partition coefficient (Wildman–Crippen LogP) is 9.44. The van der Waals surface area contributed by atoms with E-state index < -0.39 is 20.0 Å². The minimum atomic E-state index is -4.33. The van der Waals surface area contributed by atoms with E-state index >= 15 is 0 Å². The van der Waals surface area contributed by atoms with Gasteiger partial charge in [-0.3, -0.25) is 13.8 Å². The van der Waals surface area contributed by atoms with Gasteiger partial charge in [0.25, 0.3) is 0 Å². The molecule has 0 fully saturated rings. The molecule has 0 heterocycles. The molecule has 0 bridgehead atoms. The van der Waals surface area contributed by atoms with Gasteiger partial charge in [0, 0.05) is 13.0 Å². The monoisotopic (exact) mass is 659 g/mol. The first-order valence-electron chi connectivity index (χ1n) is 18.5. The fourth-order valence-corrected chi connectivity index (χ4v) is 5.96. The summed E-state index contributed by atoms with van der Waals surface area (Å²) in [5.41, 5.74) is 5.34. The standard InChI is InChI=1S/C36H71N2O6P/c1-3-5-7-9-11-13-15-16-17-18-20-21-23-25-27-29-35(39)34(33-44-45(41,42)43-32-31-37)38-36(40)30-28-26-24-22-19-14-12-10-8-6-4-2/h20-21,27,29,34-35,39H,3-19,22-26,28,30-33,37H2,1-2H3,(H,38,40)(H,41,42)/b21-20+,29-27+. The summed E-state index contributed by atoms with van der Waals surface area (Å²) in [6.07, 6.45) is 35.1. The number of hydrogen-bond donors (Lipinski definition) is 4.